The van der Waals surface area contributed by atoms with Crippen LogP contribution >= 0.6 is 0 Å². The smallest absolute Gasteiger partial charge is 0.229 e. The minimum Gasteiger partial charge on any atom is -0.744 e. The Bertz CT molecular complexity index is 931. The number of hydrogen-bond acceptors (Lipinski definition) is 7. The first-order valence-corrected chi connectivity index (χ1v) is 15.0. The van der Waals surface area contributed by atoms with Crippen LogP contribution in [0.2, 0.25) is 0 Å². The minimum atomic E-state index is -4.44. The number of aryl methyl sites for hydroxylation is 1. The van der Waals surface area contributed by atoms with Gasteiger partial charge in [0.05, 0.1) is 37.0 Å². The molecular weight excluding hydrogens is 490 g/mol. The molecule has 0 aliphatic heterocycles. The first-order chi connectivity index (χ1) is 16.6. The molecule has 0 saturated carbocycles. The van der Waals surface area contributed by atoms with Crippen LogP contribution < -0.4 is 5.32 Å². The summed E-state index contributed by atoms with van der Waals surface area (Å²) in [5, 5.41) is 11.4. The highest BCUT2D eigenvalue weighted by atomic mass is 32.2. The van der Waals surface area contributed by atoms with Crippen LogP contribution in [0.3, 0.4) is 0 Å². The fourth-order valence-electron chi connectivity index (χ4n) is 2.65. The van der Waals surface area contributed by atoms with Crippen molar-refractivity contribution >= 4 is 32.6 Å². The van der Waals surface area contributed by atoms with E-state index < -0.39 is 10.1 Å². The van der Waals surface area contributed by atoms with Crippen LogP contribution in [-0.2, 0) is 35.4 Å². The number of rotatable bonds is 11. The zero-order chi connectivity index (χ0) is 26.9. The monoisotopic (exact) mass is 529 g/mol. The van der Waals surface area contributed by atoms with Crippen molar-refractivity contribution in [2.24, 2.45) is 0 Å². The highest BCUT2D eigenvalue weighted by Gasteiger charge is 2.13. The van der Waals surface area contributed by atoms with Gasteiger partial charge in [0.15, 0.2) is 0 Å². The van der Waals surface area contributed by atoms with Gasteiger partial charge in [-0.15, -0.1) is 0 Å². The van der Waals surface area contributed by atoms with Gasteiger partial charge >= 0.3 is 0 Å². The summed E-state index contributed by atoms with van der Waals surface area (Å²) in [5.41, 5.74) is 2.82. The molecule has 1 atom stereocenters. The summed E-state index contributed by atoms with van der Waals surface area (Å²) in [7, 11) is -4.10. The molecule has 0 aliphatic rings. The van der Waals surface area contributed by atoms with Gasteiger partial charge in [0.2, 0.25) is 5.91 Å². The van der Waals surface area contributed by atoms with Crippen molar-refractivity contribution in [2.45, 2.75) is 44.9 Å². The Balaban J connectivity index is 0.000000625. The molecule has 0 fully saturated rings. The van der Waals surface area contributed by atoms with E-state index in [2.05, 4.69) is 22.7 Å². The van der Waals surface area contributed by atoms with Gasteiger partial charge in [-0.1, -0.05) is 43.7 Å². The second-order valence-corrected chi connectivity index (χ2v) is 11.3. The van der Waals surface area contributed by atoms with E-state index >= 15 is 0 Å². The minimum absolute atomic E-state index is 0.0312. The third-order valence-electron chi connectivity index (χ3n) is 4.51. The maximum atomic E-state index is 11.5. The van der Waals surface area contributed by atoms with E-state index in [9.17, 15) is 17.8 Å². The number of amides is 1. The largest absolute Gasteiger partial charge is 0.744 e. The topological polar surface area (TPSA) is 125 Å². The molecule has 10 heteroatoms. The van der Waals surface area contributed by atoms with Crippen molar-refractivity contribution in [3.05, 3.63) is 59.7 Å². The summed E-state index contributed by atoms with van der Waals surface area (Å²) >= 11 is 0. The number of hydrogen-bond donors (Lipinski definition) is 2. The zero-order valence-corrected chi connectivity index (χ0v) is 23.1. The number of nitrogens with one attached hydrogen (secondary N) is 1. The van der Waals surface area contributed by atoms with Gasteiger partial charge in [-0.3, -0.25) is 10.1 Å². The number of ether oxygens (including phenoxy) is 1. The van der Waals surface area contributed by atoms with Crippen molar-refractivity contribution in [1.29, 1.82) is 0 Å². The molecule has 35 heavy (non-hydrogen) atoms. The third kappa shape index (κ3) is 14.9. The molecular formula is C25H39NO7S2. The maximum Gasteiger partial charge on any atom is 0.229 e. The fraction of sp³-hybridized carbons (Fsp3) is 0.480. The Hall–Kier alpha value is -1.95. The normalized spacial score (nSPS) is 11.6. The molecule has 2 N–H and O–H groups in total. The van der Waals surface area contributed by atoms with Gasteiger partial charge in [-0.05, 0) is 54.6 Å². The van der Waals surface area contributed by atoms with Gasteiger partial charge in [-0.25, -0.2) is 13.3 Å². The highest BCUT2D eigenvalue weighted by molar-refractivity contribution is 7.95. The highest BCUT2D eigenvalue weighted by Crippen LogP contribution is 2.19. The van der Waals surface area contributed by atoms with Crippen molar-refractivity contribution < 1.29 is 32.6 Å². The Morgan fingerprint density at radius 3 is 2.09 bits per heavy atom. The van der Waals surface area contributed by atoms with Gasteiger partial charge in [0, 0.05) is 18.2 Å². The van der Waals surface area contributed by atoms with E-state index in [-0.39, 0.29) is 23.3 Å². The van der Waals surface area contributed by atoms with Gasteiger partial charge < -0.3 is 14.6 Å². The van der Waals surface area contributed by atoms with E-state index in [4.69, 9.17) is 9.99 Å². The Kier molecular flexibility index (Phi) is 17.3. The van der Waals surface area contributed by atoms with E-state index in [0.717, 1.165) is 17.0 Å². The number of anilines is 1. The predicted octanol–water partition coefficient (Wildman–Crippen LogP) is 4.43. The lowest BCUT2D eigenvalue weighted by atomic mass is 10.0. The molecule has 2 aromatic rings. The summed E-state index contributed by atoms with van der Waals surface area (Å²) in [6.45, 7) is 8.76. The summed E-state index contributed by atoms with van der Waals surface area (Å²) in [4.78, 5) is 15.3. The standard InChI is InChI=1S/C12H17NOS.C11H16O6S.C2H6/c1-10-4-6-11(7-5-10)13-12(14)8-9-15(2)3;1-2-16-7-10(8-17-12)9-3-5-11(6-4-9)18(13,14)15;1-2/h4-7H,8-9H2,1-3H3;3-6,10,12H,2,7-8H2,1H3,(H,13,14,15);1-2H3. The fourth-order valence-corrected chi connectivity index (χ4v) is 3.72. The van der Waals surface area contributed by atoms with Crippen molar-refractivity contribution in [3.63, 3.8) is 0 Å². The second-order valence-electron chi connectivity index (χ2n) is 7.53. The lowest BCUT2D eigenvalue weighted by Gasteiger charge is -2.16. The molecule has 2 rings (SSSR count). The predicted molar refractivity (Wildman–Crippen MR) is 142 cm³/mol. The van der Waals surface area contributed by atoms with Crippen molar-refractivity contribution in [3.8, 4) is 0 Å². The van der Waals surface area contributed by atoms with Crippen molar-refractivity contribution in [1.82, 2.24) is 0 Å². The number of benzene rings is 2. The Morgan fingerprint density at radius 2 is 1.63 bits per heavy atom. The average Bonchev–Trinajstić information content (AvgIpc) is 2.83. The van der Waals surface area contributed by atoms with Crippen LogP contribution in [0, 0.1) is 6.92 Å². The Labute approximate surface area is 213 Å². The molecule has 0 aromatic heterocycles. The molecule has 0 spiro atoms. The van der Waals surface area contributed by atoms with Crippen LogP contribution in [0.1, 0.15) is 44.2 Å². The van der Waals surface area contributed by atoms with E-state index in [1.54, 1.807) is 0 Å². The average molecular weight is 530 g/mol. The number of carbonyl (C=O) groups is 1. The second kappa shape index (κ2) is 18.3. The lowest BCUT2D eigenvalue weighted by molar-refractivity contribution is -0.247. The van der Waals surface area contributed by atoms with Crippen LogP contribution in [-0.4, -0.2) is 62.2 Å². The molecule has 1 amide bonds. The van der Waals surface area contributed by atoms with E-state index in [0.29, 0.717) is 30.5 Å². The van der Waals surface area contributed by atoms with E-state index in [1.807, 2.05) is 52.0 Å². The maximum absolute atomic E-state index is 11.5. The molecule has 2 aromatic carbocycles. The SMILES string of the molecule is CC.CCOCC(COO)c1ccc(S(=O)(=O)[O-])cc1.Cc1ccc(NC(=O)CC[S+](C)C)cc1. The van der Waals surface area contributed by atoms with Crippen LogP contribution in [0.25, 0.3) is 0 Å². The molecule has 1 unspecified atom stereocenters. The lowest BCUT2D eigenvalue weighted by Crippen LogP contribution is -2.16. The Morgan fingerprint density at radius 1 is 1.06 bits per heavy atom. The molecule has 8 nitrogen and oxygen atoms in total. The quantitative estimate of drug-likeness (QED) is 0.191. The van der Waals surface area contributed by atoms with Gasteiger partial charge in [-0.2, -0.15) is 0 Å². The molecule has 0 bridgehead atoms. The third-order valence-corrected chi connectivity index (χ3v) is 6.38. The van der Waals surface area contributed by atoms with Crippen LogP contribution in [0.4, 0.5) is 5.69 Å². The molecule has 0 heterocycles. The summed E-state index contributed by atoms with van der Waals surface area (Å²) in [5.74, 6) is 0.857. The van der Waals surface area contributed by atoms with E-state index in [1.165, 1.54) is 29.8 Å². The number of carbonyl (C=O) groups excluding carboxylic acids is 1. The van der Waals surface area contributed by atoms with Crippen molar-refractivity contribution in [2.75, 3.05) is 43.4 Å². The molecule has 0 aliphatic carbocycles. The zero-order valence-electron chi connectivity index (χ0n) is 21.4. The molecule has 0 saturated heterocycles. The van der Waals surface area contributed by atoms with Gasteiger partial charge in [0.1, 0.15) is 15.9 Å². The summed E-state index contributed by atoms with van der Waals surface area (Å²) in [6, 6.07) is 13.3. The van der Waals surface area contributed by atoms with Gasteiger partial charge in [0.25, 0.3) is 0 Å². The van der Waals surface area contributed by atoms with Crippen LogP contribution in [0.15, 0.2) is 53.4 Å². The first-order valence-electron chi connectivity index (χ1n) is 11.4. The molecule has 198 valence electrons. The first kappa shape index (κ1) is 33.0. The summed E-state index contributed by atoms with van der Waals surface area (Å²) < 4.78 is 37.5. The molecule has 0 radical (unpaired) electrons. The van der Waals surface area contributed by atoms with Crippen LogP contribution in [0.5, 0.6) is 0 Å². The summed E-state index contributed by atoms with van der Waals surface area (Å²) in [6.07, 6.45) is 4.92.